The second-order valence-corrected chi connectivity index (χ2v) is 20.3. The zero-order valence-corrected chi connectivity index (χ0v) is 46.1. The van der Waals surface area contributed by atoms with Gasteiger partial charge in [-0.3, -0.25) is 14.4 Å². The number of unbranched alkanes of at least 4 members (excludes halogenated alkanes) is 36. The van der Waals surface area contributed by atoms with Gasteiger partial charge in [-0.15, -0.1) is 0 Å². The van der Waals surface area contributed by atoms with E-state index in [-0.39, 0.29) is 31.1 Å². The van der Waals surface area contributed by atoms with Crippen LogP contribution in [-0.2, 0) is 28.6 Å². The van der Waals surface area contributed by atoms with E-state index in [1.807, 2.05) is 0 Å². The molecule has 0 fully saturated rings. The summed E-state index contributed by atoms with van der Waals surface area (Å²) in [5.41, 5.74) is 0. The molecule has 1 atom stereocenters. The van der Waals surface area contributed by atoms with E-state index >= 15 is 0 Å². The van der Waals surface area contributed by atoms with Gasteiger partial charge in [-0.1, -0.05) is 262 Å². The third kappa shape index (κ3) is 56.2. The first-order valence-corrected chi connectivity index (χ1v) is 30.1. The van der Waals surface area contributed by atoms with Crippen molar-refractivity contribution in [2.45, 2.75) is 322 Å². The monoisotopic (exact) mass is 967 g/mol. The predicted octanol–water partition coefficient (Wildman–Crippen LogP) is 20.2. The largest absolute Gasteiger partial charge is 0.462 e. The van der Waals surface area contributed by atoms with E-state index in [1.54, 1.807) is 0 Å². The van der Waals surface area contributed by atoms with Crippen molar-refractivity contribution < 1.29 is 28.6 Å². The van der Waals surface area contributed by atoms with Crippen molar-refractivity contribution in [3.8, 4) is 0 Å². The third-order valence-electron chi connectivity index (χ3n) is 13.3. The number of hydrogen-bond donors (Lipinski definition) is 0. The Bertz CT molecular complexity index is 1200. The zero-order valence-electron chi connectivity index (χ0n) is 46.1. The van der Waals surface area contributed by atoms with E-state index in [2.05, 4.69) is 69.4 Å². The molecule has 402 valence electrons. The Kier molecular flexibility index (Phi) is 55.7. The van der Waals surface area contributed by atoms with Gasteiger partial charge in [0.05, 0.1) is 0 Å². The smallest absolute Gasteiger partial charge is 0.306 e. The maximum absolute atomic E-state index is 12.8. The molecule has 0 aliphatic carbocycles. The summed E-state index contributed by atoms with van der Waals surface area (Å²) < 4.78 is 16.7. The highest BCUT2D eigenvalue weighted by Crippen LogP contribution is 2.16. The fourth-order valence-electron chi connectivity index (χ4n) is 8.74. The summed E-state index contributed by atoms with van der Waals surface area (Å²) in [6.45, 7) is 6.57. The van der Waals surface area contributed by atoms with Gasteiger partial charge in [0.15, 0.2) is 6.10 Å². The van der Waals surface area contributed by atoms with Gasteiger partial charge in [0.25, 0.3) is 0 Å². The molecule has 69 heavy (non-hydrogen) atoms. The molecule has 0 aliphatic rings. The SMILES string of the molecule is CCCCCCC/C=C\C/C=C\C/C=C\CCCCCCCCCCC(=O)OCC(COC(=O)CCCCCCC)OC(=O)CCCCCCCCCCCCC/C=C\CCCCCCCCCC. The van der Waals surface area contributed by atoms with E-state index in [0.29, 0.717) is 19.3 Å². The van der Waals surface area contributed by atoms with Gasteiger partial charge in [-0.25, -0.2) is 0 Å². The lowest BCUT2D eigenvalue weighted by Crippen LogP contribution is -2.30. The summed E-state index contributed by atoms with van der Waals surface area (Å²) in [4.78, 5) is 37.8. The van der Waals surface area contributed by atoms with Gasteiger partial charge < -0.3 is 14.2 Å². The molecular formula is C63H114O6. The first-order chi connectivity index (χ1) is 34.0. The van der Waals surface area contributed by atoms with Crippen molar-refractivity contribution in [2.75, 3.05) is 13.2 Å². The molecule has 0 aromatic heterocycles. The fourth-order valence-corrected chi connectivity index (χ4v) is 8.74. The van der Waals surface area contributed by atoms with E-state index in [4.69, 9.17) is 14.2 Å². The van der Waals surface area contributed by atoms with Crippen molar-refractivity contribution in [3.05, 3.63) is 48.6 Å². The molecule has 0 N–H and O–H groups in total. The first kappa shape index (κ1) is 66.4. The van der Waals surface area contributed by atoms with Gasteiger partial charge >= 0.3 is 17.9 Å². The minimum atomic E-state index is -0.772. The lowest BCUT2D eigenvalue weighted by atomic mass is 10.0. The van der Waals surface area contributed by atoms with Gasteiger partial charge in [0, 0.05) is 19.3 Å². The molecule has 0 heterocycles. The normalized spacial score (nSPS) is 12.3. The predicted molar refractivity (Wildman–Crippen MR) is 298 cm³/mol. The van der Waals surface area contributed by atoms with Crippen LogP contribution in [0.1, 0.15) is 316 Å². The lowest BCUT2D eigenvalue weighted by Gasteiger charge is -2.18. The van der Waals surface area contributed by atoms with Crippen molar-refractivity contribution in [2.24, 2.45) is 0 Å². The molecule has 0 aromatic carbocycles. The number of allylic oxidation sites excluding steroid dienone is 8. The summed E-state index contributed by atoms with van der Waals surface area (Å²) in [5.74, 6) is -0.884. The molecule has 0 saturated carbocycles. The minimum Gasteiger partial charge on any atom is -0.462 e. The van der Waals surface area contributed by atoms with Crippen LogP contribution in [0.2, 0.25) is 0 Å². The highest BCUT2D eigenvalue weighted by atomic mass is 16.6. The van der Waals surface area contributed by atoms with Gasteiger partial charge in [-0.05, 0) is 83.5 Å². The van der Waals surface area contributed by atoms with Crippen LogP contribution in [-0.4, -0.2) is 37.2 Å². The standard InChI is InChI=1S/C63H114O6/c1-4-7-10-13-15-17-19-21-23-25-27-29-31-33-35-37-39-41-43-45-47-50-53-56-62(65)68-59-60(58-67-61(64)55-52-49-12-9-6-3)69-63(66)57-54-51-48-46-44-42-40-38-36-34-32-30-28-26-24-22-20-18-16-14-11-8-5-2/h19,21,25-28,31,33,60H,4-18,20,22-24,29-30,32,34-59H2,1-3H3/b21-19-,27-25-,28-26-,33-31-. The van der Waals surface area contributed by atoms with Crippen LogP contribution < -0.4 is 0 Å². The average molecular weight is 968 g/mol. The van der Waals surface area contributed by atoms with Gasteiger partial charge in [-0.2, -0.15) is 0 Å². The third-order valence-corrected chi connectivity index (χ3v) is 13.3. The second-order valence-electron chi connectivity index (χ2n) is 20.3. The highest BCUT2D eigenvalue weighted by molar-refractivity contribution is 5.71. The van der Waals surface area contributed by atoms with Crippen LogP contribution in [0, 0.1) is 0 Å². The maximum Gasteiger partial charge on any atom is 0.306 e. The van der Waals surface area contributed by atoms with Crippen LogP contribution >= 0.6 is 0 Å². The highest BCUT2D eigenvalue weighted by Gasteiger charge is 2.19. The van der Waals surface area contributed by atoms with E-state index in [0.717, 1.165) is 83.5 Å². The van der Waals surface area contributed by atoms with Crippen molar-refractivity contribution in [1.29, 1.82) is 0 Å². The average Bonchev–Trinajstić information content (AvgIpc) is 3.35. The molecule has 0 saturated heterocycles. The van der Waals surface area contributed by atoms with Gasteiger partial charge in [0.1, 0.15) is 13.2 Å². The van der Waals surface area contributed by atoms with Crippen molar-refractivity contribution in [1.82, 2.24) is 0 Å². The summed E-state index contributed by atoms with van der Waals surface area (Å²) in [7, 11) is 0. The number of ether oxygens (including phenoxy) is 3. The Morgan fingerprint density at radius 2 is 0.522 bits per heavy atom. The van der Waals surface area contributed by atoms with Crippen LogP contribution in [0.5, 0.6) is 0 Å². The summed E-state index contributed by atoms with van der Waals surface area (Å²) in [5, 5.41) is 0. The molecule has 0 aromatic rings. The number of hydrogen-bond acceptors (Lipinski definition) is 6. The molecular weight excluding hydrogens is 853 g/mol. The minimum absolute atomic E-state index is 0.0751. The Labute approximate surface area is 428 Å². The molecule has 6 nitrogen and oxygen atoms in total. The molecule has 1 unspecified atom stereocenters. The fraction of sp³-hybridized carbons (Fsp3) is 0.825. The molecule has 0 aliphatic heterocycles. The Balaban J connectivity index is 4.07. The van der Waals surface area contributed by atoms with E-state index in [9.17, 15) is 14.4 Å². The van der Waals surface area contributed by atoms with Crippen molar-refractivity contribution >= 4 is 17.9 Å². The first-order valence-electron chi connectivity index (χ1n) is 30.1. The molecule has 0 spiro atoms. The maximum atomic E-state index is 12.8. The van der Waals surface area contributed by atoms with Crippen LogP contribution in [0.3, 0.4) is 0 Å². The zero-order chi connectivity index (χ0) is 50.0. The summed E-state index contributed by atoms with van der Waals surface area (Å²) in [6.07, 6.45) is 71.5. The van der Waals surface area contributed by atoms with Crippen LogP contribution in [0.4, 0.5) is 0 Å². The summed E-state index contributed by atoms with van der Waals surface area (Å²) >= 11 is 0. The topological polar surface area (TPSA) is 78.9 Å². The number of esters is 3. The quantitative estimate of drug-likeness (QED) is 0.0262. The van der Waals surface area contributed by atoms with Crippen LogP contribution in [0.25, 0.3) is 0 Å². The van der Waals surface area contributed by atoms with Crippen molar-refractivity contribution in [3.63, 3.8) is 0 Å². The number of rotatable bonds is 55. The summed E-state index contributed by atoms with van der Waals surface area (Å²) in [6, 6.07) is 0. The molecule has 0 bridgehead atoms. The Hall–Kier alpha value is -2.63. The molecule has 0 amide bonds. The Morgan fingerprint density at radius 1 is 0.290 bits per heavy atom. The second kappa shape index (κ2) is 57.9. The van der Waals surface area contributed by atoms with E-state index in [1.165, 1.54) is 193 Å². The lowest BCUT2D eigenvalue weighted by molar-refractivity contribution is -0.167. The molecule has 6 heteroatoms. The molecule has 0 rings (SSSR count). The molecule has 0 radical (unpaired) electrons. The van der Waals surface area contributed by atoms with E-state index < -0.39 is 6.10 Å². The van der Waals surface area contributed by atoms with Gasteiger partial charge in [0.2, 0.25) is 0 Å². The number of carbonyl (C=O) groups is 3. The van der Waals surface area contributed by atoms with Crippen LogP contribution in [0.15, 0.2) is 48.6 Å². The number of carbonyl (C=O) groups excluding carboxylic acids is 3. The Morgan fingerprint density at radius 3 is 0.826 bits per heavy atom.